The smallest absolute Gasteiger partial charge is 0.276 e. The van der Waals surface area contributed by atoms with Crippen LogP contribution in [0.3, 0.4) is 0 Å². The molecule has 0 fully saturated rings. The molecule has 8 heteroatoms. The molecule has 0 atom stereocenters. The van der Waals surface area contributed by atoms with Crippen LogP contribution in [-0.2, 0) is 6.61 Å². The molecule has 0 aliphatic rings. The number of halogens is 3. The number of hydrogen-bond donors (Lipinski definition) is 0. The highest BCUT2D eigenvalue weighted by Crippen LogP contribution is 2.35. The molecule has 0 unspecified atom stereocenters. The zero-order valence-electron chi connectivity index (χ0n) is 10.8. The van der Waals surface area contributed by atoms with Crippen LogP contribution in [0.25, 0.3) is 0 Å². The Bertz CT molecular complexity index is 767. The van der Waals surface area contributed by atoms with E-state index in [-0.39, 0.29) is 17.9 Å². The van der Waals surface area contributed by atoms with Crippen molar-refractivity contribution in [2.24, 2.45) is 0 Å². The molecule has 2 aromatic rings. The van der Waals surface area contributed by atoms with E-state index in [1.807, 2.05) is 6.07 Å². The van der Waals surface area contributed by atoms with Crippen molar-refractivity contribution >= 4 is 37.5 Å². The summed E-state index contributed by atoms with van der Waals surface area (Å²) in [4.78, 5) is 10.3. The maximum Gasteiger partial charge on any atom is 0.276 e. The van der Waals surface area contributed by atoms with Gasteiger partial charge in [-0.15, -0.1) is 0 Å². The van der Waals surface area contributed by atoms with Gasteiger partial charge in [-0.25, -0.2) is 4.39 Å². The summed E-state index contributed by atoms with van der Waals surface area (Å²) in [5, 5.41) is 19.8. The van der Waals surface area contributed by atoms with Crippen LogP contribution in [0.15, 0.2) is 39.3 Å². The van der Waals surface area contributed by atoms with Crippen molar-refractivity contribution in [3.05, 3.63) is 66.3 Å². The van der Waals surface area contributed by atoms with Crippen LogP contribution < -0.4 is 4.74 Å². The van der Waals surface area contributed by atoms with Crippen LogP contribution in [-0.4, -0.2) is 4.92 Å². The second-order valence-corrected chi connectivity index (χ2v) is 5.91. The Balaban J connectivity index is 2.30. The average Bonchev–Trinajstić information content (AvgIpc) is 2.45. The SMILES string of the molecule is N#Cc1cc(Br)c(OCc2cc(F)ccc2[N+](=O)[O-])c(Br)c1. The van der Waals surface area contributed by atoms with E-state index in [0.717, 1.165) is 18.2 Å². The van der Waals surface area contributed by atoms with E-state index >= 15 is 0 Å². The normalized spacial score (nSPS) is 10.1. The Hall–Kier alpha value is -1.98. The van der Waals surface area contributed by atoms with Gasteiger partial charge in [0.2, 0.25) is 0 Å². The molecule has 0 N–H and O–H groups in total. The van der Waals surface area contributed by atoms with E-state index in [1.54, 1.807) is 12.1 Å². The lowest BCUT2D eigenvalue weighted by Crippen LogP contribution is -2.02. The average molecular weight is 430 g/mol. The van der Waals surface area contributed by atoms with Gasteiger partial charge in [-0.05, 0) is 56.1 Å². The summed E-state index contributed by atoms with van der Waals surface area (Å²) in [5.41, 5.74) is 0.318. The van der Waals surface area contributed by atoms with E-state index in [4.69, 9.17) is 10.00 Å². The third-order valence-electron chi connectivity index (χ3n) is 2.74. The molecule has 0 aliphatic heterocycles. The summed E-state index contributed by atoms with van der Waals surface area (Å²) in [5.74, 6) is -0.209. The van der Waals surface area contributed by atoms with Crippen molar-refractivity contribution in [2.75, 3.05) is 0 Å². The van der Waals surface area contributed by atoms with Crippen LogP contribution >= 0.6 is 31.9 Å². The fraction of sp³-hybridized carbons (Fsp3) is 0.0714. The molecule has 0 saturated carbocycles. The van der Waals surface area contributed by atoms with E-state index in [9.17, 15) is 14.5 Å². The highest BCUT2D eigenvalue weighted by Gasteiger charge is 2.16. The first-order valence-corrected chi connectivity index (χ1v) is 7.45. The van der Waals surface area contributed by atoms with Gasteiger partial charge in [0, 0.05) is 6.07 Å². The van der Waals surface area contributed by atoms with Crippen LogP contribution in [0.2, 0.25) is 0 Å². The van der Waals surface area contributed by atoms with Crippen LogP contribution in [0.1, 0.15) is 11.1 Å². The molecular formula is C14H7Br2FN2O3. The monoisotopic (exact) mass is 428 g/mol. The Morgan fingerprint density at radius 1 is 1.27 bits per heavy atom. The lowest BCUT2D eigenvalue weighted by Gasteiger charge is -2.11. The largest absolute Gasteiger partial charge is 0.486 e. The molecule has 112 valence electrons. The lowest BCUT2D eigenvalue weighted by molar-refractivity contribution is -0.385. The predicted octanol–water partition coefficient (Wildman–Crippen LogP) is 4.71. The number of nitriles is 1. The number of benzene rings is 2. The second-order valence-electron chi connectivity index (χ2n) is 4.20. The summed E-state index contributed by atoms with van der Waals surface area (Å²) >= 11 is 6.52. The Labute approximate surface area is 141 Å². The minimum atomic E-state index is -0.596. The topological polar surface area (TPSA) is 76.2 Å². The lowest BCUT2D eigenvalue weighted by atomic mass is 10.2. The van der Waals surface area contributed by atoms with Gasteiger partial charge in [-0.3, -0.25) is 10.1 Å². The molecule has 0 aliphatic carbocycles. The Morgan fingerprint density at radius 3 is 2.45 bits per heavy atom. The first kappa shape index (κ1) is 16.4. The minimum Gasteiger partial charge on any atom is -0.486 e. The third-order valence-corrected chi connectivity index (χ3v) is 3.92. The molecule has 2 rings (SSSR count). The van der Waals surface area contributed by atoms with Gasteiger partial charge in [0.15, 0.2) is 0 Å². The van der Waals surface area contributed by atoms with Gasteiger partial charge in [-0.1, -0.05) is 0 Å². The van der Waals surface area contributed by atoms with E-state index < -0.39 is 10.7 Å². The first-order chi connectivity index (χ1) is 10.4. The van der Waals surface area contributed by atoms with Crippen LogP contribution in [0, 0.1) is 27.3 Å². The first-order valence-electron chi connectivity index (χ1n) is 5.87. The van der Waals surface area contributed by atoms with Gasteiger partial charge in [-0.2, -0.15) is 5.26 Å². The highest BCUT2D eigenvalue weighted by molar-refractivity contribution is 9.11. The number of hydrogen-bond acceptors (Lipinski definition) is 4. The standard InChI is InChI=1S/C14H7Br2FN2O3/c15-11-3-8(6-18)4-12(16)14(11)22-7-9-5-10(17)1-2-13(9)19(20)21/h1-5H,7H2. The third kappa shape index (κ3) is 3.61. The van der Waals surface area contributed by atoms with E-state index in [0.29, 0.717) is 20.3 Å². The molecule has 0 bridgehead atoms. The fourth-order valence-electron chi connectivity index (χ4n) is 1.76. The highest BCUT2D eigenvalue weighted by atomic mass is 79.9. The number of nitrogens with zero attached hydrogens (tertiary/aromatic N) is 2. The number of nitro benzene ring substituents is 1. The summed E-state index contributed by atoms with van der Waals surface area (Å²) in [6.07, 6.45) is 0. The van der Waals surface area contributed by atoms with Crippen molar-refractivity contribution < 1.29 is 14.1 Å². The second kappa shape index (κ2) is 6.85. The zero-order chi connectivity index (χ0) is 16.3. The van der Waals surface area contributed by atoms with Gasteiger partial charge in [0.05, 0.1) is 31.1 Å². The van der Waals surface area contributed by atoms with Crippen LogP contribution in [0.4, 0.5) is 10.1 Å². The molecule has 5 nitrogen and oxygen atoms in total. The Morgan fingerprint density at radius 2 is 1.91 bits per heavy atom. The Kier molecular flexibility index (Phi) is 5.11. The molecule has 0 amide bonds. The van der Waals surface area contributed by atoms with Crippen molar-refractivity contribution in [1.29, 1.82) is 5.26 Å². The van der Waals surface area contributed by atoms with Crippen molar-refractivity contribution in [3.63, 3.8) is 0 Å². The van der Waals surface area contributed by atoms with Crippen molar-refractivity contribution in [1.82, 2.24) is 0 Å². The molecule has 22 heavy (non-hydrogen) atoms. The molecular weight excluding hydrogens is 423 g/mol. The van der Waals surface area contributed by atoms with Crippen molar-refractivity contribution in [2.45, 2.75) is 6.61 Å². The summed E-state index contributed by atoms with van der Waals surface area (Å²) < 4.78 is 19.8. The van der Waals surface area contributed by atoms with Crippen molar-refractivity contribution in [3.8, 4) is 11.8 Å². The maximum atomic E-state index is 13.3. The molecule has 2 aromatic carbocycles. The molecule has 0 heterocycles. The summed E-state index contributed by atoms with van der Waals surface area (Å²) in [6, 6.07) is 8.27. The fourth-order valence-corrected chi connectivity index (χ4v) is 3.18. The maximum absolute atomic E-state index is 13.3. The minimum absolute atomic E-state index is 0.119. The molecule has 0 saturated heterocycles. The number of rotatable bonds is 4. The van der Waals surface area contributed by atoms with Gasteiger partial charge >= 0.3 is 0 Å². The molecule has 0 radical (unpaired) electrons. The van der Waals surface area contributed by atoms with Crippen LogP contribution in [0.5, 0.6) is 5.75 Å². The number of nitro groups is 1. The summed E-state index contributed by atoms with van der Waals surface area (Å²) in [7, 11) is 0. The van der Waals surface area contributed by atoms with E-state index in [1.165, 1.54) is 0 Å². The van der Waals surface area contributed by atoms with E-state index in [2.05, 4.69) is 31.9 Å². The molecule has 0 spiro atoms. The van der Waals surface area contributed by atoms with Gasteiger partial charge < -0.3 is 4.74 Å². The molecule has 0 aromatic heterocycles. The predicted molar refractivity (Wildman–Crippen MR) is 83.9 cm³/mol. The number of ether oxygens (including phenoxy) is 1. The van der Waals surface area contributed by atoms with Gasteiger partial charge in [0.25, 0.3) is 5.69 Å². The van der Waals surface area contributed by atoms with Gasteiger partial charge in [0.1, 0.15) is 18.2 Å². The zero-order valence-corrected chi connectivity index (χ0v) is 14.0. The summed E-state index contributed by atoms with van der Waals surface area (Å²) in [6.45, 7) is -0.183. The quantitative estimate of drug-likeness (QED) is 0.520.